The Morgan fingerprint density at radius 1 is 1.00 bits per heavy atom. The van der Waals surface area contributed by atoms with Crippen molar-refractivity contribution >= 4 is 5.96 Å². The Kier molecular flexibility index (Phi) is 9.68. The maximum Gasteiger partial charge on any atom is 0.191 e. The van der Waals surface area contributed by atoms with Gasteiger partial charge in [0.25, 0.3) is 0 Å². The van der Waals surface area contributed by atoms with Gasteiger partial charge in [0.15, 0.2) is 17.5 Å². The van der Waals surface area contributed by atoms with E-state index in [1.807, 2.05) is 19.9 Å². The number of nitrogens with one attached hydrogen (secondary N) is 2. The zero-order chi connectivity index (χ0) is 16.9. The van der Waals surface area contributed by atoms with Gasteiger partial charge >= 0.3 is 0 Å². The van der Waals surface area contributed by atoms with Crippen LogP contribution in [0.4, 0.5) is 0 Å². The Morgan fingerprint density at radius 2 is 1.74 bits per heavy atom. The Hall–Kier alpha value is -1.91. The van der Waals surface area contributed by atoms with Crippen LogP contribution in [0.3, 0.4) is 0 Å². The summed E-state index contributed by atoms with van der Waals surface area (Å²) in [6.45, 7) is 12.0. The second-order valence-corrected chi connectivity index (χ2v) is 5.08. The summed E-state index contributed by atoms with van der Waals surface area (Å²) in [5.74, 6) is 2.51. The van der Waals surface area contributed by atoms with Crippen LogP contribution < -0.4 is 20.1 Å². The highest BCUT2D eigenvalue weighted by molar-refractivity contribution is 5.79. The lowest BCUT2D eigenvalue weighted by Crippen LogP contribution is -2.38. The quantitative estimate of drug-likeness (QED) is 0.514. The van der Waals surface area contributed by atoms with Crippen molar-refractivity contribution in [2.75, 3.05) is 32.8 Å². The van der Waals surface area contributed by atoms with Crippen LogP contribution in [0, 0.1) is 0 Å². The summed E-state index contributed by atoms with van der Waals surface area (Å²) in [5.41, 5.74) is 1.22. The van der Waals surface area contributed by atoms with E-state index in [2.05, 4.69) is 41.6 Å². The molecular formula is C18H31N3O2. The summed E-state index contributed by atoms with van der Waals surface area (Å²) in [7, 11) is 0. The topological polar surface area (TPSA) is 54.9 Å². The fourth-order valence-electron chi connectivity index (χ4n) is 2.14. The zero-order valence-electron chi connectivity index (χ0n) is 14.9. The van der Waals surface area contributed by atoms with Crippen molar-refractivity contribution in [1.82, 2.24) is 10.6 Å². The molecule has 0 bridgehead atoms. The Labute approximate surface area is 140 Å². The Balaban J connectivity index is 2.60. The maximum atomic E-state index is 5.67. The highest BCUT2D eigenvalue weighted by Gasteiger charge is 2.06. The van der Waals surface area contributed by atoms with Crippen LogP contribution in [0.2, 0.25) is 0 Å². The summed E-state index contributed by atoms with van der Waals surface area (Å²) in [5, 5.41) is 6.62. The van der Waals surface area contributed by atoms with Gasteiger partial charge < -0.3 is 20.1 Å². The van der Waals surface area contributed by atoms with E-state index in [9.17, 15) is 0 Å². The van der Waals surface area contributed by atoms with E-state index in [0.717, 1.165) is 49.9 Å². The molecule has 130 valence electrons. The largest absolute Gasteiger partial charge is 0.490 e. The molecule has 0 atom stereocenters. The van der Waals surface area contributed by atoms with Crippen LogP contribution in [0.25, 0.3) is 0 Å². The molecular weight excluding hydrogens is 290 g/mol. The first kappa shape index (κ1) is 19.1. The number of hydrogen-bond donors (Lipinski definition) is 2. The summed E-state index contributed by atoms with van der Waals surface area (Å²) >= 11 is 0. The van der Waals surface area contributed by atoms with Gasteiger partial charge in [-0.05, 0) is 51.3 Å². The molecule has 0 radical (unpaired) electrons. The molecule has 23 heavy (non-hydrogen) atoms. The summed E-state index contributed by atoms with van der Waals surface area (Å²) < 4.78 is 11.3. The Bertz CT molecular complexity index is 475. The lowest BCUT2D eigenvalue weighted by atomic mass is 10.1. The van der Waals surface area contributed by atoms with Gasteiger partial charge in [-0.15, -0.1) is 0 Å². The molecule has 0 unspecified atom stereocenters. The van der Waals surface area contributed by atoms with Crippen LogP contribution in [-0.4, -0.2) is 38.8 Å². The van der Waals surface area contributed by atoms with E-state index in [1.165, 1.54) is 5.56 Å². The molecule has 0 spiro atoms. The number of rotatable bonds is 10. The number of hydrogen-bond acceptors (Lipinski definition) is 3. The number of nitrogens with zero attached hydrogens (tertiary/aromatic N) is 1. The van der Waals surface area contributed by atoms with Gasteiger partial charge in [-0.3, -0.25) is 4.99 Å². The molecule has 2 N–H and O–H groups in total. The van der Waals surface area contributed by atoms with E-state index >= 15 is 0 Å². The average Bonchev–Trinajstić information content (AvgIpc) is 2.55. The molecule has 0 aliphatic heterocycles. The first-order valence-corrected chi connectivity index (χ1v) is 8.65. The van der Waals surface area contributed by atoms with E-state index in [0.29, 0.717) is 13.2 Å². The predicted octanol–water partition coefficient (Wildman–Crippen LogP) is 2.99. The monoisotopic (exact) mass is 321 g/mol. The number of ether oxygens (including phenoxy) is 2. The minimum atomic E-state index is 0.635. The van der Waals surface area contributed by atoms with Crippen molar-refractivity contribution in [3.63, 3.8) is 0 Å². The molecule has 5 nitrogen and oxygen atoms in total. The second kappa shape index (κ2) is 11.6. The first-order chi connectivity index (χ1) is 11.2. The summed E-state index contributed by atoms with van der Waals surface area (Å²) in [6, 6.07) is 6.14. The molecule has 0 fully saturated rings. The van der Waals surface area contributed by atoms with Crippen molar-refractivity contribution in [1.29, 1.82) is 0 Å². The summed E-state index contributed by atoms with van der Waals surface area (Å²) in [6.07, 6.45) is 1.95. The molecule has 0 saturated heterocycles. The third-order valence-corrected chi connectivity index (χ3v) is 3.15. The van der Waals surface area contributed by atoms with E-state index in [1.54, 1.807) is 0 Å². The average molecular weight is 321 g/mol. The van der Waals surface area contributed by atoms with Crippen LogP contribution in [0.1, 0.15) is 39.7 Å². The molecule has 0 aliphatic rings. The molecule has 0 amide bonds. The Morgan fingerprint density at radius 3 is 2.39 bits per heavy atom. The molecule has 1 aromatic rings. The van der Waals surface area contributed by atoms with Gasteiger partial charge in [0.2, 0.25) is 0 Å². The fraction of sp³-hybridized carbons (Fsp3) is 0.611. The third kappa shape index (κ3) is 7.26. The number of aliphatic imine (C=N–C) groups is 1. The maximum absolute atomic E-state index is 5.67. The lowest BCUT2D eigenvalue weighted by molar-refractivity contribution is 0.287. The standard InChI is InChI=1S/C18H31N3O2/c1-5-12-20-18(19-6-2)21-13-11-15-9-10-16(22-7-3)17(14-15)23-8-4/h9-10,14H,5-8,11-13H2,1-4H3,(H2,19,20,21). The zero-order valence-corrected chi connectivity index (χ0v) is 14.9. The van der Waals surface area contributed by atoms with Crippen molar-refractivity contribution in [2.45, 2.75) is 40.5 Å². The molecule has 0 saturated carbocycles. The van der Waals surface area contributed by atoms with Crippen LogP contribution >= 0.6 is 0 Å². The first-order valence-electron chi connectivity index (χ1n) is 8.65. The SMILES string of the molecule is CCCN=C(NCC)NCCc1ccc(OCC)c(OCC)c1. The van der Waals surface area contributed by atoms with E-state index in [-0.39, 0.29) is 0 Å². The highest BCUT2D eigenvalue weighted by Crippen LogP contribution is 2.28. The van der Waals surface area contributed by atoms with Crippen molar-refractivity contribution in [2.24, 2.45) is 4.99 Å². The van der Waals surface area contributed by atoms with E-state index < -0.39 is 0 Å². The van der Waals surface area contributed by atoms with Crippen molar-refractivity contribution in [3.05, 3.63) is 23.8 Å². The molecule has 1 aromatic carbocycles. The highest BCUT2D eigenvalue weighted by atomic mass is 16.5. The fourth-order valence-corrected chi connectivity index (χ4v) is 2.14. The van der Waals surface area contributed by atoms with Gasteiger partial charge in [-0.1, -0.05) is 13.0 Å². The summed E-state index contributed by atoms with van der Waals surface area (Å²) in [4.78, 5) is 4.50. The number of guanidine groups is 1. The lowest BCUT2D eigenvalue weighted by Gasteiger charge is -2.14. The second-order valence-electron chi connectivity index (χ2n) is 5.08. The van der Waals surface area contributed by atoms with Gasteiger partial charge in [-0.2, -0.15) is 0 Å². The molecule has 0 aromatic heterocycles. The normalized spacial score (nSPS) is 11.2. The minimum absolute atomic E-state index is 0.635. The molecule has 1 rings (SSSR count). The number of benzene rings is 1. The minimum Gasteiger partial charge on any atom is -0.490 e. The van der Waals surface area contributed by atoms with Crippen LogP contribution in [0.15, 0.2) is 23.2 Å². The molecule has 5 heteroatoms. The predicted molar refractivity (Wildman–Crippen MR) is 96.8 cm³/mol. The van der Waals surface area contributed by atoms with Gasteiger partial charge in [0.05, 0.1) is 13.2 Å². The van der Waals surface area contributed by atoms with Crippen LogP contribution in [0.5, 0.6) is 11.5 Å². The third-order valence-electron chi connectivity index (χ3n) is 3.15. The van der Waals surface area contributed by atoms with Gasteiger partial charge in [0, 0.05) is 19.6 Å². The van der Waals surface area contributed by atoms with Crippen molar-refractivity contribution in [3.8, 4) is 11.5 Å². The van der Waals surface area contributed by atoms with Gasteiger partial charge in [0.1, 0.15) is 0 Å². The van der Waals surface area contributed by atoms with Gasteiger partial charge in [-0.25, -0.2) is 0 Å². The van der Waals surface area contributed by atoms with E-state index in [4.69, 9.17) is 9.47 Å². The molecule has 0 aliphatic carbocycles. The van der Waals surface area contributed by atoms with Crippen LogP contribution in [-0.2, 0) is 6.42 Å². The molecule has 0 heterocycles. The van der Waals surface area contributed by atoms with Crippen molar-refractivity contribution < 1.29 is 9.47 Å². The smallest absolute Gasteiger partial charge is 0.191 e.